The van der Waals surface area contributed by atoms with Crippen molar-refractivity contribution in [1.82, 2.24) is 10.3 Å². The third-order valence-electron chi connectivity index (χ3n) is 3.59. The van der Waals surface area contributed by atoms with E-state index in [1.165, 1.54) is 0 Å². The summed E-state index contributed by atoms with van der Waals surface area (Å²) in [6.07, 6.45) is 3.25. The van der Waals surface area contributed by atoms with Gasteiger partial charge in [-0.3, -0.25) is 4.79 Å². The maximum Gasteiger partial charge on any atom is 0.271 e. The predicted molar refractivity (Wildman–Crippen MR) is 73.1 cm³/mol. The fourth-order valence-corrected chi connectivity index (χ4v) is 2.74. The number of hydrogen-bond acceptors (Lipinski definition) is 2. The first-order chi connectivity index (χ1) is 8.40. The highest BCUT2D eigenvalue weighted by molar-refractivity contribution is 6.34. The smallest absolute Gasteiger partial charge is 0.271 e. The highest BCUT2D eigenvalue weighted by Gasteiger charge is 2.35. The second kappa shape index (κ2) is 5.06. The number of nitrogens with zero attached hydrogens (tertiary/aromatic N) is 1. The lowest BCUT2D eigenvalue weighted by Crippen LogP contribution is -2.41. The molecule has 5 heteroatoms. The zero-order valence-electron chi connectivity index (χ0n) is 10.5. The predicted octanol–water partition coefficient (Wildman–Crippen LogP) is 3.70. The summed E-state index contributed by atoms with van der Waals surface area (Å²) in [4.78, 5) is 16.1. The first-order valence-corrected chi connectivity index (χ1v) is 6.79. The Morgan fingerprint density at radius 2 is 2.17 bits per heavy atom. The fraction of sp³-hybridized carbons (Fsp3) is 0.538. The minimum absolute atomic E-state index is 0.126. The molecule has 1 amide bonds. The fourth-order valence-electron chi connectivity index (χ4n) is 2.40. The van der Waals surface area contributed by atoms with Crippen molar-refractivity contribution in [2.75, 3.05) is 0 Å². The van der Waals surface area contributed by atoms with Gasteiger partial charge in [0.1, 0.15) is 10.8 Å². The van der Waals surface area contributed by atoms with Crippen molar-refractivity contribution in [3.63, 3.8) is 0 Å². The van der Waals surface area contributed by atoms with Crippen LogP contribution in [0.5, 0.6) is 0 Å². The molecule has 1 unspecified atom stereocenters. The number of halogens is 2. The number of carbonyl (C=O) groups excluding carboxylic acids is 1. The molecule has 98 valence electrons. The maximum absolute atomic E-state index is 12.1. The number of amides is 1. The molecule has 2 rings (SSSR count). The molecule has 1 aliphatic rings. The van der Waals surface area contributed by atoms with Crippen LogP contribution in [0.15, 0.2) is 12.1 Å². The van der Waals surface area contributed by atoms with Crippen molar-refractivity contribution in [3.8, 4) is 0 Å². The van der Waals surface area contributed by atoms with E-state index in [0.717, 1.165) is 19.3 Å². The van der Waals surface area contributed by atoms with Gasteiger partial charge in [0.15, 0.2) is 0 Å². The monoisotopic (exact) mass is 286 g/mol. The van der Waals surface area contributed by atoms with E-state index in [-0.39, 0.29) is 28.2 Å². The largest absolute Gasteiger partial charge is 0.347 e. The Bertz CT molecular complexity index is 474. The number of aromatic nitrogens is 1. The Morgan fingerprint density at radius 1 is 1.44 bits per heavy atom. The third kappa shape index (κ3) is 2.78. The zero-order valence-corrected chi connectivity index (χ0v) is 12.0. The molecule has 3 nitrogen and oxygen atoms in total. The summed E-state index contributed by atoms with van der Waals surface area (Å²) in [6, 6.07) is 3.33. The molecule has 0 saturated heterocycles. The normalized spacial score (nSPS) is 21.9. The van der Waals surface area contributed by atoms with Crippen LogP contribution in [0.3, 0.4) is 0 Å². The highest BCUT2D eigenvalue weighted by atomic mass is 35.5. The SMILES string of the molecule is CC1(C)CCCC1NC(=O)c1nc(Cl)ccc1Cl. The zero-order chi connectivity index (χ0) is 13.3. The average Bonchev–Trinajstić information content (AvgIpc) is 2.62. The molecule has 1 aromatic heterocycles. The van der Waals surface area contributed by atoms with Gasteiger partial charge in [-0.25, -0.2) is 4.98 Å². The van der Waals surface area contributed by atoms with Crippen molar-refractivity contribution >= 4 is 29.1 Å². The standard InChI is InChI=1S/C13H16Cl2N2O/c1-13(2)7-3-4-9(13)16-12(18)11-8(14)5-6-10(15)17-11/h5-6,9H,3-4,7H2,1-2H3,(H,16,18). The molecule has 1 aliphatic carbocycles. The van der Waals surface area contributed by atoms with E-state index in [1.54, 1.807) is 12.1 Å². The Kier molecular flexibility index (Phi) is 3.83. The summed E-state index contributed by atoms with van der Waals surface area (Å²) in [5.74, 6) is -0.248. The molecule has 1 N–H and O–H groups in total. The van der Waals surface area contributed by atoms with Gasteiger partial charge in [-0.05, 0) is 30.4 Å². The van der Waals surface area contributed by atoms with Crippen molar-refractivity contribution in [2.45, 2.75) is 39.2 Å². The van der Waals surface area contributed by atoms with Gasteiger partial charge in [0.05, 0.1) is 5.02 Å². The van der Waals surface area contributed by atoms with E-state index in [4.69, 9.17) is 23.2 Å². The molecule has 18 heavy (non-hydrogen) atoms. The average molecular weight is 287 g/mol. The van der Waals surface area contributed by atoms with E-state index in [9.17, 15) is 4.79 Å². The molecule has 0 aliphatic heterocycles. The van der Waals surface area contributed by atoms with Crippen LogP contribution in [0.4, 0.5) is 0 Å². The van der Waals surface area contributed by atoms with Gasteiger partial charge < -0.3 is 5.32 Å². The lowest BCUT2D eigenvalue weighted by molar-refractivity contribution is 0.0905. The van der Waals surface area contributed by atoms with Gasteiger partial charge in [0.2, 0.25) is 0 Å². The van der Waals surface area contributed by atoms with E-state index in [2.05, 4.69) is 24.1 Å². The van der Waals surface area contributed by atoms with Crippen LogP contribution >= 0.6 is 23.2 Å². The molecule has 1 aromatic rings. The first-order valence-electron chi connectivity index (χ1n) is 6.03. The maximum atomic E-state index is 12.1. The van der Waals surface area contributed by atoms with Crippen LogP contribution in [0.2, 0.25) is 10.2 Å². The Labute approximate surface area is 117 Å². The van der Waals surface area contributed by atoms with Gasteiger partial charge in [-0.1, -0.05) is 43.5 Å². The van der Waals surface area contributed by atoms with Crippen molar-refractivity contribution in [3.05, 3.63) is 28.0 Å². The number of rotatable bonds is 2. The van der Waals surface area contributed by atoms with Gasteiger partial charge >= 0.3 is 0 Å². The van der Waals surface area contributed by atoms with Crippen molar-refractivity contribution in [1.29, 1.82) is 0 Å². The van der Waals surface area contributed by atoms with Gasteiger partial charge in [0, 0.05) is 6.04 Å². The van der Waals surface area contributed by atoms with Crippen LogP contribution in [0.1, 0.15) is 43.6 Å². The second-order valence-corrected chi connectivity index (χ2v) is 6.17. The lowest BCUT2D eigenvalue weighted by atomic mass is 9.87. The van der Waals surface area contributed by atoms with Gasteiger partial charge in [-0.15, -0.1) is 0 Å². The van der Waals surface area contributed by atoms with Crippen LogP contribution in [-0.2, 0) is 0 Å². The van der Waals surface area contributed by atoms with E-state index < -0.39 is 0 Å². The van der Waals surface area contributed by atoms with Crippen molar-refractivity contribution in [2.24, 2.45) is 5.41 Å². The van der Waals surface area contributed by atoms with Crippen molar-refractivity contribution < 1.29 is 4.79 Å². The molecule has 0 radical (unpaired) electrons. The Balaban J connectivity index is 2.15. The van der Waals surface area contributed by atoms with Crippen LogP contribution in [0.25, 0.3) is 0 Å². The molecule has 0 spiro atoms. The minimum Gasteiger partial charge on any atom is -0.347 e. The number of pyridine rings is 1. The Hall–Kier alpha value is -0.800. The van der Waals surface area contributed by atoms with Crippen LogP contribution in [-0.4, -0.2) is 16.9 Å². The number of carbonyl (C=O) groups is 1. The first kappa shape index (κ1) is 13.6. The molecule has 1 heterocycles. The van der Waals surface area contributed by atoms with Gasteiger partial charge in [-0.2, -0.15) is 0 Å². The number of hydrogen-bond donors (Lipinski definition) is 1. The highest BCUT2D eigenvalue weighted by Crippen LogP contribution is 2.37. The van der Waals surface area contributed by atoms with Crippen LogP contribution in [0, 0.1) is 5.41 Å². The lowest BCUT2D eigenvalue weighted by Gasteiger charge is -2.27. The summed E-state index contributed by atoms with van der Waals surface area (Å²) >= 11 is 11.7. The third-order valence-corrected chi connectivity index (χ3v) is 4.11. The van der Waals surface area contributed by atoms with E-state index in [0.29, 0.717) is 5.02 Å². The van der Waals surface area contributed by atoms with E-state index in [1.807, 2.05) is 0 Å². The molecule has 1 atom stereocenters. The summed E-state index contributed by atoms with van der Waals surface area (Å²) in [5, 5.41) is 3.61. The summed E-state index contributed by atoms with van der Waals surface area (Å²) in [7, 11) is 0. The van der Waals surface area contributed by atoms with Crippen LogP contribution < -0.4 is 5.32 Å². The van der Waals surface area contributed by atoms with Gasteiger partial charge in [0.25, 0.3) is 5.91 Å². The quantitative estimate of drug-likeness (QED) is 0.843. The number of nitrogens with one attached hydrogen (secondary N) is 1. The molecule has 1 fully saturated rings. The molecule has 1 saturated carbocycles. The molecule has 0 bridgehead atoms. The molecular formula is C13H16Cl2N2O. The Morgan fingerprint density at radius 3 is 2.78 bits per heavy atom. The van der Waals surface area contributed by atoms with E-state index >= 15 is 0 Å². The topological polar surface area (TPSA) is 42.0 Å². The minimum atomic E-state index is -0.248. The second-order valence-electron chi connectivity index (χ2n) is 5.37. The molecular weight excluding hydrogens is 271 g/mol. The summed E-state index contributed by atoms with van der Waals surface area (Å²) < 4.78 is 0. The summed E-state index contributed by atoms with van der Waals surface area (Å²) in [6.45, 7) is 4.33. The summed E-state index contributed by atoms with van der Waals surface area (Å²) in [5.41, 5.74) is 0.327. The molecule has 0 aromatic carbocycles.